The molecule has 0 saturated carbocycles. The molecule has 1 heterocycles. The lowest BCUT2D eigenvalue weighted by molar-refractivity contribution is 0.138. The average molecular weight is 370 g/mol. The van der Waals surface area contributed by atoms with E-state index in [2.05, 4.69) is 29.8 Å². The summed E-state index contributed by atoms with van der Waals surface area (Å²) >= 11 is 9.88. The van der Waals surface area contributed by atoms with Gasteiger partial charge in [0.05, 0.1) is 5.38 Å². The number of benzene rings is 2. The van der Waals surface area contributed by atoms with Crippen LogP contribution >= 0.6 is 27.5 Å². The van der Waals surface area contributed by atoms with E-state index in [-0.39, 0.29) is 11.4 Å². The second-order valence-electron chi connectivity index (χ2n) is 5.90. The standard InChI is InChI=1S/C17H15BrClFO/c1-17(2)9-11-8-10(6-7-14(11)21-17)16(19)15-12(18)4-3-5-13(15)20/h3-8,16H,9H2,1-2H3. The van der Waals surface area contributed by atoms with E-state index < -0.39 is 5.38 Å². The second kappa shape index (κ2) is 5.29. The van der Waals surface area contributed by atoms with Crippen molar-refractivity contribution in [3.8, 4) is 5.75 Å². The van der Waals surface area contributed by atoms with Crippen molar-refractivity contribution >= 4 is 27.5 Å². The maximum absolute atomic E-state index is 14.0. The van der Waals surface area contributed by atoms with Gasteiger partial charge < -0.3 is 4.74 Å². The molecule has 1 unspecified atom stereocenters. The summed E-state index contributed by atoms with van der Waals surface area (Å²) in [5.41, 5.74) is 2.27. The van der Waals surface area contributed by atoms with Crippen molar-refractivity contribution in [3.63, 3.8) is 0 Å². The highest BCUT2D eigenvalue weighted by molar-refractivity contribution is 9.10. The summed E-state index contributed by atoms with van der Waals surface area (Å²) in [6.45, 7) is 4.11. The molecule has 0 amide bonds. The number of rotatable bonds is 2. The zero-order valence-corrected chi connectivity index (χ0v) is 14.1. The summed E-state index contributed by atoms with van der Waals surface area (Å²) in [5.74, 6) is 0.585. The quantitative estimate of drug-likeness (QED) is 0.623. The van der Waals surface area contributed by atoms with Gasteiger partial charge in [-0.15, -0.1) is 11.6 Å². The minimum atomic E-state index is -0.533. The van der Waals surface area contributed by atoms with Gasteiger partial charge in [-0.3, -0.25) is 0 Å². The number of ether oxygens (including phenoxy) is 1. The summed E-state index contributed by atoms with van der Waals surface area (Å²) in [5, 5.41) is -0.533. The van der Waals surface area contributed by atoms with Gasteiger partial charge in [0.1, 0.15) is 17.2 Å². The van der Waals surface area contributed by atoms with Gasteiger partial charge in [0.15, 0.2) is 0 Å². The van der Waals surface area contributed by atoms with Crippen LogP contribution in [0.15, 0.2) is 40.9 Å². The molecule has 21 heavy (non-hydrogen) atoms. The lowest BCUT2D eigenvalue weighted by Crippen LogP contribution is -2.24. The van der Waals surface area contributed by atoms with Crippen LogP contribution in [-0.2, 0) is 6.42 Å². The van der Waals surface area contributed by atoms with Crippen LogP contribution in [0.1, 0.15) is 35.9 Å². The Morgan fingerprint density at radius 3 is 2.76 bits per heavy atom. The molecule has 4 heteroatoms. The number of hydrogen-bond acceptors (Lipinski definition) is 1. The van der Waals surface area contributed by atoms with Crippen molar-refractivity contribution in [2.24, 2.45) is 0 Å². The van der Waals surface area contributed by atoms with Crippen LogP contribution in [0.25, 0.3) is 0 Å². The first-order valence-corrected chi connectivity index (χ1v) is 8.00. The van der Waals surface area contributed by atoms with Gasteiger partial charge in [-0.1, -0.05) is 34.1 Å². The summed E-state index contributed by atoms with van der Waals surface area (Å²) in [6.07, 6.45) is 0.832. The van der Waals surface area contributed by atoms with Gasteiger partial charge in [0, 0.05) is 16.5 Å². The highest BCUT2D eigenvalue weighted by Crippen LogP contribution is 2.40. The maximum atomic E-state index is 14.0. The largest absolute Gasteiger partial charge is 0.487 e. The number of alkyl halides is 1. The lowest BCUT2D eigenvalue weighted by Gasteiger charge is -2.16. The minimum absolute atomic E-state index is 0.193. The SMILES string of the molecule is CC1(C)Cc2cc(C(Cl)c3c(F)cccc3Br)ccc2O1. The first-order chi connectivity index (χ1) is 9.87. The number of fused-ring (bicyclic) bond motifs is 1. The van der Waals surface area contributed by atoms with E-state index in [1.165, 1.54) is 6.07 Å². The molecule has 0 spiro atoms. The third-order valence-corrected chi connectivity index (χ3v) is 4.79. The van der Waals surface area contributed by atoms with E-state index in [9.17, 15) is 4.39 Å². The van der Waals surface area contributed by atoms with E-state index in [1.54, 1.807) is 12.1 Å². The number of halogens is 3. The van der Waals surface area contributed by atoms with E-state index in [0.29, 0.717) is 10.0 Å². The fourth-order valence-electron chi connectivity index (χ4n) is 2.71. The van der Waals surface area contributed by atoms with Crippen LogP contribution in [0.4, 0.5) is 4.39 Å². The molecular formula is C17H15BrClFO. The van der Waals surface area contributed by atoms with E-state index >= 15 is 0 Å². The Hall–Kier alpha value is -1.06. The Morgan fingerprint density at radius 1 is 1.29 bits per heavy atom. The second-order valence-corrected chi connectivity index (χ2v) is 7.19. The third kappa shape index (κ3) is 2.82. The molecule has 1 aliphatic heterocycles. The van der Waals surface area contributed by atoms with Crippen LogP contribution < -0.4 is 4.74 Å². The fraction of sp³-hybridized carbons (Fsp3) is 0.294. The lowest BCUT2D eigenvalue weighted by atomic mass is 9.97. The molecule has 0 aliphatic carbocycles. The minimum Gasteiger partial charge on any atom is -0.487 e. The van der Waals surface area contributed by atoms with Crippen molar-refractivity contribution in [2.75, 3.05) is 0 Å². The molecule has 0 saturated heterocycles. The van der Waals surface area contributed by atoms with Gasteiger partial charge in [0.25, 0.3) is 0 Å². The Labute approximate surface area is 137 Å². The molecule has 2 aromatic carbocycles. The van der Waals surface area contributed by atoms with E-state index in [0.717, 1.165) is 23.3 Å². The normalized spacial score (nSPS) is 17.2. The Morgan fingerprint density at radius 2 is 2.05 bits per heavy atom. The molecule has 2 aromatic rings. The fourth-order valence-corrected chi connectivity index (χ4v) is 3.77. The molecule has 0 N–H and O–H groups in total. The van der Waals surface area contributed by atoms with Crippen LogP contribution in [0, 0.1) is 5.82 Å². The van der Waals surface area contributed by atoms with Crippen LogP contribution in [0.2, 0.25) is 0 Å². The predicted octanol–water partition coefficient (Wildman–Crippen LogP) is 5.63. The molecule has 0 aromatic heterocycles. The first kappa shape index (κ1) is 14.9. The predicted molar refractivity (Wildman–Crippen MR) is 86.6 cm³/mol. The monoisotopic (exact) mass is 368 g/mol. The van der Waals surface area contributed by atoms with E-state index in [1.807, 2.05) is 18.2 Å². The summed E-state index contributed by atoms with van der Waals surface area (Å²) in [4.78, 5) is 0. The zero-order valence-electron chi connectivity index (χ0n) is 11.8. The van der Waals surface area contributed by atoms with Crippen molar-refractivity contribution < 1.29 is 9.13 Å². The number of hydrogen-bond donors (Lipinski definition) is 0. The topological polar surface area (TPSA) is 9.23 Å². The first-order valence-electron chi connectivity index (χ1n) is 6.77. The Kier molecular flexibility index (Phi) is 3.74. The third-order valence-electron chi connectivity index (χ3n) is 3.63. The van der Waals surface area contributed by atoms with Crippen LogP contribution in [-0.4, -0.2) is 5.60 Å². The zero-order chi connectivity index (χ0) is 15.2. The summed E-state index contributed by atoms with van der Waals surface area (Å²) in [6, 6.07) is 10.7. The molecule has 1 atom stereocenters. The summed E-state index contributed by atoms with van der Waals surface area (Å²) < 4.78 is 20.6. The van der Waals surface area contributed by atoms with Gasteiger partial charge >= 0.3 is 0 Å². The van der Waals surface area contributed by atoms with Crippen molar-refractivity contribution in [1.29, 1.82) is 0 Å². The Balaban J connectivity index is 1.99. The highest BCUT2D eigenvalue weighted by atomic mass is 79.9. The highest BCUT2D eigenvalue weighted by Gasteiger charge is 2.30. The smallest absolute Gasteiger partial charge is 0.129 e. The van der Waals surface area contributed by atoms with Crippen LogP contribution in [0.5, 0.6) is 5.75 Å². The molecule has 1 nitrogen and oxygen atoms in total. The molecule has 1 aliphatic rings. The Bertz CT molecular complexity index is 679. The molecule has 0 radical (unpaired) electrons. The maximum Gasteiger partial charge on any atom is 0.129 e. The molecule has 110 valence electrons. The van der Waals surface area contributed by atoms with Gasteiger partial charge in [-0.05, 0) is 43.2 Å². The van der Waals surface area contributed by atoms with Gasteiger partial charge in [-0.2, -0.15) is 0 Å². The molecule has 0 bridgehead atoms. The van der Waals surface area contributed by atoms with Gasteiger partial charge in [0.2, 0.25) is 0 Å². The van der Waals surface area contributed by atoms with Crippen molar-refractivity contribution in [1.82, 2.24) is 0 Å². The molecule has 0 fully saturated rings. The van der Waals surface area contributed by atoms with Crippen molar-refractivity contribution in [2.45, 2.75) is 31.2 Å². The average Bonchev–Trinajstić information content (AvgIpc) is 2.70. The molecular weight excluding hydrogens is 355 g/mol. The van der Waals surface area contributed by atoms with E-state index in [4.69, 9.17) is 16.3 Å². The molecule has 3 rings (SSSR count). The van der Waals surface area contributed by atoms with Crippen LogP contribution in [0.3, 0.4) is 0 Å². The van der Waals surface area contributed by atoms with Gasteiger partial charge in [-0.25, -0.2) is 4.39 Å². The van der Waals surface area contributed by atoms with Crippen molar-refractivity contribution in [3.05, 3.63) is 63.4 Å². The summed E-state index contributed by atoms with van der Waals surface area (Å²) in [7, 11) is 0.